The average molecular weight is 279 g/mol. The standard InChI is InChI=1S/C16H22FNO2/c1-10(2)8-15(16(19)20-3)18-14-7-4-11-9-12(17)5-6-13(11)14/h5-6,9-10,14-15,18H,4,7-8H2,1-3H3. The van der Waals surface area contributed by atoms with E-state index in [1.165, 1.54) is 13.2 Å². The predicted octanol–water partition coefficient (Wildman–Crippen LogP) is 2.99. The van der Waals surface area contributed by atoms with Crippen LogP contribution >= 0.6 is 0 Å². The number of halogens is 1. The van der Waals surface area contributed by atoms with Gasteiger partial charge < -0.3 is 4.74 Å². The lowest BCUT2D eigenvalue weighted by Gasteiger charge is -2.23. The fourth-order valence-corrected chi connectivity index (χ4v) is 2.85. The van der Waals surface area contributed by atoms with Crippen LogP contribution in [-0.4, -0.2) is 19.1 Å². The molecule has 0 fully saturated rings. The van der Waals surface area contributed by atoms with Crippen molar-refractivity contribution in [3.05, 3.63) is 35.1 Å². The number of aryl methyl sites for hydroxylation is 1. The van der Waals surface area contributed by atoms with Gasteiger partial charge in [-0.3, -0.25) is 10.1 Å². The number of esters is 1. The van der Waals surface area contributed by atoms with Crippen LogP contribution in [0.2, 0.25) is 0 Å². The van der Waals surface area contributed by atoms with Gasteiger partial charge in [0.15, 0.2) is 0 Å². The van der Waals surface area contributed by atoms with Crippen LogP contribution < -0.4 is 5.32 Å². The lowest BCUT2D eigenvalue weighted by Crippen LogP contribution is -2.40. The van der Waals surface area contributed by atoms with Gasteiger partial charge in [-0.2, -0.15) is 0 Å². The van der Waals surface area contributed by atoms with Gasteiger partial charge >= 0.3 is 5.97 Å². The molecule has 3 nitrogen and oxygen atoms in total. The molecule has 0 heterocycles. The number of methoxy groups -OCH3 is 1. The molecule has 1 aromatic rings. The minimum absolute atomic E-state index is 0.105. The highest BCUT2D eigenvalue weighted by molar-refractivity contribution is 5.75. The van der Waals surface area contributed by atoms with E-state index in [0.717, 1.165) is 30.4 Å². The Hall–Kier alpha value is -1.42. The number of carbonyl (C=O) groups is 1. The first-order valence-electron chi connectivity index (χ1n) is 7.13. The molecular weight excluding hydrogens is 257 g/mol. The zero-order valence-corrected chi connectivity index (χ0v) is 12.3. The summed E-state index contributed by atoms with van der Waals surface area (Å²) in [7, 11) is 1.41. The number of fused-ring (bicyclic) bond motifs is 1. The van der Waals surface area contributed by atoms with E-state index in [1.54, 1.807) is 6.07 Å². The SMILES string of the molecule is COC(=O)C(CC(C)C)NC1CCc2cc(F)ccc21. The Morgan fingerprint density at radius 2 is 2.25 bits per heavy atom. The number of hydrogen-bond acceptors (Lipinski definition) is 3. The summed E-state index contributed by atoms with van der Waals surface area (Å²) in [5, 5.41) is 3.38. The Bertz CT molecular complexity index is 487. The molecule has 0 bridgehead atoms. The van der Waals surface area contributed by atoms with Crippen molar-refractivity contribution in [1.82, 2.24) is 5.32 Å². The number of carbonyl (C=O) groups excluding carboxylic acids is 1. The average Bonchev–Trinajstić information content (AvgIpc) is 2.78. The molecular formula is C16H22FNO2. The summed E-state index contributed by atoms with van der Waals surface area (Å²) in [5.74, 6) is -0.0222. The summed E-state index contributed by atoms with van der Waals surface area (Å²) in [5.41, 5.74) is 2.14. The molecule has 1 N–H and O–H groups in total. The molecule has 2 atom stereocenters. The molecule has 110 valence electrons. The van der Waals surface area contributed by atoms with E-state index in [1.807, 2.05) is 6.07 Å². The van der Waals surface area contributed by atoms with Crippen molar-refractivity contribution in [2.75, 3.05) is 7.11 Å². The fraction of sp³-hybridized carbons (Fsp3) is 0.562. The summed E-state index contributed by atoms with van der Waals surface area (Å²) in [6.45, 7) is 4.16. The van der Waals surface area contributed by atoms with E-state index < -0.39 is 0 Å². The Morgan fingerprint density at radius 3 is 2.90 bits per heavy atom. The molecule has 0 saturated carbocycles. The molecule has 20 heavy (non-hydrogen) atoms. The van der Waals surface area contributed by atoms with Gasteiger partial charge in [0, 0.05) is 6.04 Å². The zero-order chi connectivity index (χ0) is 14.7. The van der Waals surface area contributed by atoms with E-state index in [9.17, 15) is 9.18 Å². The monoisotopic (exact) mass is 279 g/mol. The minimum atomic E-state index is -0.305. The van der Waals surface area contributed by atoms with E-state index in [0.29, 0.717) is 5.92 Å². The third kappa shape index (κ3) is 3.37. The highest BCUT2D eigenvalue weighted by Crippen LogP contribution is 2.32. The topological polar surface area (TPSA) is 38.3 Å². The lowest BCUT2D eigenvalue weighted by molar-refractivity contribution is -0.143. The summed E-state index contributed by atoms with van der Waals surface area (Å²) in [6, 6.07) is 4.69. The van der Waals surface area contributed by atoms with Crippen LogP contribution in [0.25, 0.3) is 0 Å². The molecule has 0 spiro atoms. The van der Waals surface area contributed by atoms with Crippen LogP contribution in [-0.2, 0) is 16.0 Å². The van der Waals surface area contributed by atoms with Gasteiger partial charge in [0.1, 0.15) is 11.9 Å². The van der Waals surface area contributed by atoms with Gasteiger partial charge in [-0.1, -0.05) is 19.9 Å². The van der Waals surface area contributed by atoms with Crippen molar-refractivity contribution in [3.63, 3.8) is 0 Å². The number of nitrogens with one attached hydrogen (secondary N) is 1. The maximum absolute atomic E-state index is 13.2. The molecule has 1 aliphatic rings. The minimum Gasteiger partial charge on any atom is -0.468 e. The van der Waals surface area contributed by atoms with Crippen molar-refractivity contribution < 1.29 is 13.9 Å². The third-order valence-corrected chi connectivity index (χ3v) is 3.78. The van der Waals surface area contributed by atoms with Gasteiger partial charge in [-0.05, 0) is 48.4 Å². The first-order chi connectivity index (χ1) is 9.51. The summed E-state index contributed by atoms with van der Waals surface area (Å²) in [4.78, 5) is 11.9. The molecule has 0 radical (unpaired) electrons. The number of rotatable bonds is 5. The maximum Gasteiger partial charge on any atom is 0.322 e. The molecule has 1 aromatic carbocycles. The van der Waals surface area contributed by atoms with Crippen molar-refractivity contribution in [3.8, 4) is 0 Å². The first-order valence-corrected chi connectivity index (χ1v) is 7.13. The van der Waals surface area contributed by atoms with Crippen molar-refractivity contribution >= 4 is 5.97 Å². The number of benzene rings is 1. The summed E-state index contributed by atoms with van der Waals surface area (Å²) in [6.07, 6.45) is 2.48. The molecule has 2 rings (SSSR count). The normalized spacial score (nSPS) is 18.9. The third-order valence-electron chi connectivity index (χ3n) is 3.78. The zero-order valence-electron chi connectivity index (χ0n) is 12.3. The summed E-state index contributed by atoms with van der Waals surface area (Å²) < 4.78 is 18.1. The molecule has 0 saturated heterocycles. The first kappa shape index (κ1) is 15.0. The Morgan fingerprint density at radius 1 is 1.50 bits per heavy atom. The van der Waals surface area contributed by atoms with E-state index in [4.69, 9.17) is 4.74 Å². The van der Waals surface area contributed by atoms with Gasteiger partial charge in [-0.25, -0.2) is 4.39 Å². The molecule has 0 aliphatic heterocycles. The van der Waals surface area contributed by atoms with Crippen molar-refractivity contribution in [2.24, 2.45) is 5.92 Å². The largest absolute Gasteiger partial charge is 0.468 e. The smallest absolute Gasteiger partial charge is 0.322 e. The van der Waals surface area contributed by atoms with Gasteiger partial charge in [0.2, 0.25) is 0 Å². The van der Waals surface area contributed by atoms with E-state index in [2.05, 4.69) is 19.2 Å². The van der Waals surface area contributed by atoms with E-state index >= 15 is 0 Å². The fourth-order valence-electron chi connectivity index (χ4n) is 2.85. The van der Waals surface area contributed by atoms with Crippen LogP contribution in [0.4, 0.5) is 4.39 Å². The van der Waals surface area contributed by atoms with Gasteiger partial charge in [0.05, 0.1) is 7.11 Å². The quantitative estimate of drug-likeness (QED) is 0.842. The molecule has 0 aromatic heterocycles. The van der Waals surface area contributed by atoms with Crippen LogP contribution in [0, 0.1) is 11.7 Å². The molecule has 1 aliphatic carbocycles. The van der Waals surface area contributed by atoms with Gasteiger partial charge in [0.25, 0.3) is 0 Å². The second-order valence-electron chi connectivity index (χ2n) is 5.81. The van der Waals surface area contributed by atoms with Crippen LogP contribution in [0.3, 0.4) is 0 Å². The Kier molecular flexibility index (Phi) is 4.76. The van der Waals surface area contributed by atoms with Gasteiger partial charge in [-0.15, -0.1) is 0 Å². The Balaban J connectivity index is 2.11. The van der Waals surface area contributed by atoms with Crippen LogP contribution in [0.5, 0.6) is 0 Å². The molecule has 2 unspecified atom stereocenters. The predicted molar refractivity (Wildman–Crippen MR) is 75.9 cm³/mol. The second-order valence-corrected chi connectivity index (χ2v) is 5.81. The second kappa shape index (κ2) is 6.35. The maximum atomic E-state index is 13.2. The summed E-state index contributed by atoms with van der Waals surface area (Å²) >= 11 is 0. The van der Waals surface area contributed by atoms with E-state index in [-0.39, 0.29) is 23.9 Å². The van der Waals surface area contributed by atoms with Crippen LogP contribution in [0.15, 0.2) is 18.2 Å². The highest BCUT2D eigenvalue weighted by Gasteiger charge is 2.28. The highest BCUT2D eigenvalue weighted by atomic mass is 19.1. The number of ether oxygens (including phenoxy) is 1. The van der Waals surface area contributed by atoms with Crippen molar-refractivity contribution in [1.29, 1.82) is 0 Å². The molecule has 4 heteroatoms. The Labute approximate surface area is 119 Å². The number of hydrogen-bond donors (Lipinski definition) is 1. The lowest BCUT2D eigenvalue weighted by atomic mass is 10.0. The van der Waals surface area contributed by atoms with Crippen molar-refractivity contribution in [2.45, 2.75) is 45.2 Å². The van der Waals surface area contributed by atoms with Crippen LogP contribution in [0.1, 0.15) is 43.9 Å². The molecule has 0 amide bonds.